The van der Waals surface area contributed by atoms with Gasteiger partial charge in [-0.3, -0.25) is 0 Å². The largest absolute Gasteiger partial charge is 0.446 e. The van der Waals surface area contributed by atoms with Crippen molar-refractivity contribution in [2.75, 3.05) is 39.3 Å². The molecule has 1 saturated carbocycles. The minimum absolute atomic E-state index is 0.0246. The van der Waals surface area contributed by atoms with Crippen LogP contribution in [0.15, 0.2) is 0 Å². The highest BCUT2D eigenvalue weighted by atomic mass is 16.6. The van der Waals surface area contributed by atoms with E-state index in [0.29, 0.717) is 0 Å². The van der Waals surface area contributed by atoms with Crippen LogP contribution >= 0.6 is 0 Å². The fourth-order valence-corrected chi connectivity index (χ4v) is 3.50. The fourth-order valence-electron chi connectivity index (χ4n) is 3.50. The highest BCUT2D eigenvalue weighted by molar-refractivity contribution is 5.67. The third-order valence-electron chi connectivity index (χ3n) is 5.54. The summed E-state index contributed by atoms with van der Waals surface area (Å²) < 4.78 is 5.54. The highest BCUT2D eigenvalue weighted by Crippen LogP contribution is 2.38. The Bertz CT molecular complexity index is 380. The fraction of sp³-hybridized carbons (Fsp3) is 0.944. The number of piperazine rings is 1. The molecule has 0 aromatic heterocycles. The van der Waals surface area contributed by atoms with Crippen molar-refractivity contribution in [3.63, 3.8) is 0 Å². The van der Waals surface area contributed by atoms with Gasteiger partial charge in [-0.2, -0.15) is 0 Å². The Balaban J connectivity index is 1.83. The smallest absolute Gasteiger partial charge is 0.407 e. The summed E-state index contributed by atoms with van der Waals surface area (Å²) in [7, 11) is 0. The van der Waals surface area contributed by atoms with E-state index in [1.54, 1.807) is 0 Å². The number of hydrogen-bond donors (Lipinski definition) is 2. The van der Waals surface area contributed by atoms with E-state index < -0.39 is 0 Å². The third-order valence-corrected chi connectivity index (χ3v) is 5.54. The quantitative estimate of drug-likeness (QED) is 0.816. The van der Waals surface area contributed by atoms with Crippen LogP contribution in [0.2, 0.25) is 0 Å². The van der Waals surface area contributed by atoms with Crippen LogP contribution < -0.4 is 10.6 Å². The zero-order chi connectivity index (χ0) is 16.9. The highest BCUT2D eigenvalue weighted by Gasteiger charge is 2.36. The van der Waals surface area contributed by atoms with Gasteiger partial charge in [0.1, 0.15) is 6.10 Å². The second-order valence-electron chi connectivity index (χ2n) is 8.50. The van der Waals surface area contributed by atoms with Gasteiger partial charge in [0, 0.05) is 44.7 Å². The van der Waals surface area contributed by atoms with Crippen LogP contribution in [-0.4, -0.2) is 56.4 Å². The molecule has 1 saturated heterocycles. The Morgan fingerprint density at radius 2 is 1.87 bits per heavy atom. The van der Waals surface area contributed by atoms with Gasteiger partial charge in [-0.15, -0.1) is 0 Å². The topological polar surface area (TPSA) is 53.6 Å². The van der Waals surface area contributed by atoms with Gasteiger partial charge in [-0.05, 0) is 25.2 Å². The zero-order valence-corrected chi connectivity index (χ0v) is 15.4. The van der Waals surface area contributed by atoms with Crippen molar-refractivity contribution in [1.82, 2.24) is 15.5 Å². The van der Waals surface area contributed by atoms with Crippen molar-refractivity contribution < 1.29 is 9.53 Å². The van der Waals surface area contributed by atoms with Crippen molar-refractivity contribution >= 4 is 6.09 Å². The van der Waals surface area contributed by atoms with E-state index >= 15 is 0 Å². The average molecular weight is 325 g/mol. The maximum Gasteiger partial charge on any atom is 0.407 e. The molecule has 23 heavy (non-hydrogen) atoms. The minimum Gasteiger partial charge on any atom is -0.446 e. The summed E-state index contributed by atoms with van der Waals surface area (Å²) >= 11 is 0. The van der Waals surface area contributed by atoms with Gasteiger partial charge in [0.25, 0.3) is 0 Å². The van der Waals surface area contributed by atoms with Crippen molar-refractivity contribution in [2.45, 2.75) is 59.5 Å². The molecule has 1 aliphatic heterocycles. The number of alkyl carbamates (subject to hydrolysis) is 1. The van der Waals surface area contributed by atoms with Gasteiger partial charge in [0.05, 0.1) is 0 Å². The molecule has 1 unspecified atom stereocenters. The molecular weight excluding hydrogens is 290 g/mol. The average Bonchev–Trinajstić information content (AvgIpc) is 2.94. The molecule has 0 aromatic rings. The van der Waals surface area contributed by atoms with Crippen LogP contribution in [0.1, 0.15) is 53.4 Å². The summed E-state index contributed by atoms with van der Waals surface area (Å²) in [4.78, 5) is 14.7. The predicted octanol–water partition coefficient (Wildman–Crippen LogP) is 2.61. The molecule has 0 aromatic carbocycles. The monoisotopic (exact) mass is 325 g/mol. The van der Waals surface area contributed by atoms with Crippen LogP contribution in [0.3, 0.4) is 0 Å². The lowest BCUT2D eigenvalue weighted by atomic mass is 9.85. The van der Waals surface area contributed by atoms with Crippen LogP contribution in [0, 0.1) is 10.8 Å². The van der Waals surface area contributed by atoms with Gasteiger partial charge in [-0.25, -0.2) is 4.79 Å². The summed E-state index contributed by atoms with van der Waals surface area (Å²) in [6.45, 7) is 14.5. The second kappa shape index (κ2) is 7.84. The summed E-state index contributed by atoms with van der Waals surface area (Å²) in [5, 5.41) is 6.46. The lowest BCUT2D eigenvalue weighted by Crippen LogP contribution is -2.50. The Morgan fingerprint density at radius 3 is 2.43 bits per heavy atom. The summed E-state index contributed by atoms with van der Waals surface area (Å²) in [5.74, 6) is 0. The SMILES string of the molecule is CC(OC(=O)NCC1(CN2CCNCC2)CCCC1)C(C)(C)C. The number of amides is 1. The standard InChI is InChI=1S/C18H35N3O2/c1-15(17(2,3)4)23-16(22)20-13-18(7-5-6-8-18)14-21-11-9-19-10-12-21/h15,19H,5-14H2,1-4H3,(H,20,22). The number of ether oxygens (including phenoxy) is 1. The minimum atomic E-state index is -0.265. The van der Waals surface area contributed by atoms with E-state index in [2.05, 4.69) is 36.3 Å². The number of nitrogens with zero attached hydrogens (tertiary/aromatic N) is 1. The van der Waals surface area contributed by atoms with Gasteiger partial charge in [0.15, 0.2) is 0 Å². The number of hydrogen-bond acceptors (Lipinski definition) is 4. The molecule has 0 spiro atoms. The normalized spacial score (nSPS) is 23.5. The van der Waals surface area contributed by atoms with Gasteiger partial charge < -0.3 is 20.3 Å². The molecule has 2 rings (SSSR count). The molecule has 1 aliphatic carbocycles. The van der Waals surface area contributed by atoms with E-state index in [-0.39, 0.29) is 23.0 Å². The first-order valence-electron chi connectivity index (χ1n) is 9.18. The number of carbonyl (C=O) groups is 1. The molecule has 5 nitrogen and oxygen atoms in total. The van der Waals surface area contributed by atoms with Crippen LogP contribution in [0.25, 0.3) is 0 Å². The van der Waals surface area contributed by atoms with Crippen LogP contribution in [0.5, 0.6) is 0 Å². The third kappa shape index (κ3) is 5.64. The molecule has 2 N–H and O–H groups in total. The van der Waals surface area contributed by atoms with E-state index in [1.807, 2.05) is 6.92 Å². The maximum absolute atomic E-state index is 12.1. The van der Waals surface area contributed by atoms with Gasteiger partial charge >= 0.3 is 6.09 Å². The Hall–Kier alpha value is -0.810. The lowest BCUT2D eigenvalue weighted by Gasteiger charge is -2.37. The van der Waals surface area contributed by atoms with Crippen molar-refractivity contribution in [3.8, 4) is 0 Å². The molecule has 1 heterocycles. The zero-order valence-electron chi connectivity index (χ0n) is 15.4. The summed E-state index contributed by atoms with van der Waals surface area (Å²) in [6, 6.07) is 0. The van der Waals surface area contributed by atoms with Crippen molar-refractivity contribution in [1.29, 1.82) is 0 Å². The molecule has 0 radical (unpaired) electrons. The summed E-state index contributed by atoms with van der Waals surface area (Å²) in [6.07, 6.45) is 4.63. The molecule has 2 fully saturated rings. The molecule has 134 valence electrons. The molecule has 1 amide bonds. The Labute approximate surface area is 141 Å². The van der Waals surface area contributed by atoms with Gasteiger partial charge in [0.2, 0.25) is 0 Å². The number of nitrogens with one attached hydrogen (secondary N) is 2. The molecule has 5 heteroatoms. The predicted molar refractivity (Wildman–Crippen MR) is 93.6 cm³/mol. The summed E-state index contributed by atoms with van der Waals surface area (Å²) in [5.41, 5.74) is 0.213. The van der Waals surface area contributed by atoms with Crippen LogP contribution in [0.4, 0.5) is 4.79 Å². The molecule has 2 aliphatic rings. The van der Waals surface area contributed by atoms with E-state index in [9.17, 15) is 4.79 Å². The lowest BCUT2D eigenvalue weighted by molar-refractivity contribution is 0.0401. The number of rotatable bonds is 5. The van der Waals surface area contributed by atoms with Gasteiger partial charge in [-0.1, -0.05) is 33.6 Å². The molecule has 0 bridgehead atoms. The molecular formula is C18H35N3O2. The van der Waals surface area contributed by atoms with Crippen LogP contribution in [-0.2, 0) is 4.74 Å². The van der Waals surface area contributed by atoms with E-state index in [1.165, 1.54) is 25.7 Å². The van der Waals surface area contributed by atoms with Crippen molar-refractivity contribution in [2.24, 2.45) is 10.8 Å². The first kappa shape index (κ1) is 18.5. The van der Waals surface area contributed by atoms with E-state index in [0.717, 1.165) is 39.3 Å². The Morgan fingerprint density at radius 1 is 1.26 bits per heavy atom. The Kier molecular flexibility index (Phi) is 6.32. The van der Waals surface area contributed by atoms with Crippen molar-refractivity contribution in [3.05, 3.63) is 0 Å². The first-order chi connectivity index (χ1) is 10.8. The van der Waals surface area contributed by atoms with E-state index in [4.69, 9.17) is 4.74 Å². The first-order valence-corrected chi connectivity index (χ1v) is 9.18. The number of carbonyl (C=O) groups excluding carboxylic acids is 1. The maximum atomic E-state index is 12.1. The molecule has 1 atom stereocenters. The second-order valence-corrected chi connectivity index (χ2v) is 8.50.